The largest absolute Gasteiger partial charge is 0.349 e. The van der Waals surface area contributed by atoms with Crippen molar-refractivity contribution in [3.05, 3.63) is 80.0 Å². The van der Waals surface area contributed by atoms with E-state index >= 15 is 0 Å². The van der Waals surface area contributed by atoms with E-state index in [-0.39, 0.29) is 29.9 Å². The number of nitrogens with one attached hydrogen (secondary N) is 1. The van der Waals surface area contributed by atoms with Crippen LogP contribution in [0.4, 0.5) is 0 Å². The molecule has 1 amide bonds. The quantitative estimate of drug-likeness (QED) is 0.708. The Labute approximate surface area is 159 Å². The summed E-state index contributed by atoms with van der Waals surface area (Å²) in [6.45, 7) is 0.373. The molecule has 2 aromatic heterocycles. The van der Waals surface area contributed by atoms with Crippen molar-refractivity contribution in [2.75, 3.05) is 6.54 Å². The number of aromatic nitrogens is 4. The van der Waals surface area contributed by atoms with Gasteiger partial charge < -0.3 is 5.32 Å². The maximum atomic E-state index is 12.1. The summed E-state index contributed by atoms with van der Waals surface area (Å²) in [5.41, 5.74) is 0.986. The molecule has 3 aromatic rings. The molecule has 0 saturated carbocycles. The van der Waals surface area contributed by atoms with Gasteiger partial charge in [0.25, 0.3) is 17.0 Å². The Hall–Kier alpha value is -3.26. The number of carbonyl (C=O) groups is 1. The molecular weight excluding hydrogens is 370 g/mol. The lowest BCUT2D eigenvalue weighted by Crippen LogP contribution is -2.33. The summed E-state index contributed by atoms with van der Waals surface area (Å²) in [6.07, 6.45) is 0. The first-order valence-corrected chi connectivity index (χ1v) is 8.48. The molecule has 0 unspecified atom stereocenters. The second kappa shape index (κ2) is 7.96. The summed E-state index contributed by atoms with van der Waals surface area (Å²) in [4.78, 5) is 35.4. The first-order valence-electron chi connectivity index (χ1n) is 8.11. The van der Waals surface area contributed by atoms with Crippen molar-refractivity contribution in [2.45, 2.75) is 6.54 Å². The van der Waals surface area contributed by atoms with Crippen LogP contribution in [0.1, 0.15) is 10.5 Å². The van der Waals surface area contributed by atoms with Gasteiger partial charge in [0.05, 0.1) is 12.2 Å². The average Bonchev–Trinajstić information content (AvgIpc) is 2.66. The number of amides is 1. The molecule has 0 aliphatic heterocycles. The first-order chi connectivity index (χ1) is 12.9. The Kier molecular flexibility index (Phi) is 5.46. The number of rotatable bonds is 5. The van der Waals surface area contributed by atoms with E-state index in [2.05, 4.69) is 15.5 Å². The number of benzene rings is 1. The van der Waals surface area contributed by atoms with Gasteiger partial charge in [-0.05, 0) is 24.3 Å². The minimum absolute atomic E-state index is 0.118. The summed E-state index contributed by atoms with van der Waals surface area (Å²) in [5.74, 6) is -0.437. The molecule has 0 bridgehead atoms. The zero-order chi connectivity index (χ0) is 19.4. The maximum Gasteiger partial charge on any atom is 0.271 e. The van der Waals surface area contributed by atoms with Gasteiger partial charge in [-0.1, -0.05) is 23.7 Å². The Morgan fingerprint density at radius 2 is 1.70 bits per heavy atom. The van der Waals surface area contributed by atoms with Crippen molar-refractivity contribution in [3.8, 4) is 11.3 Å². The normalized spacial score (nSPS) is 10.6. The second-order valence-corrected chi connectivity index (χ2v) is 6.16. The predicted octanol–water partition coefficient (Wildman–Crippen LogP) is 1.09. The molecule has 138 valence electrons. The van der Waals surface area contributed by atoms with E-state index in [9.17, 15) is 14.4 Å². The molecule has 9 heteroatoms. The number of halogens is 1. The van der Waals surface area contributed by atoms with E-state index in [1.54, 1.807) is 18.2 Å². The summed E-state index contributed by atoms with van der Waals surface area (Å²) in [7, 11) is 1.46. The minimum atomic E-state index is -0.437. The summed E-state index contributed by atoms with van der Waals surface area (Å²) >= 11 is 5.88. The molecule has 8 nitrogen and oxygen atoms in total. The Morgan fingerprint density at radius 3 is 2.41 bits per heavy atom. The second-order valence-electron chi connectivity index (χ2n) is 5.72. The van der Waals surface area contributed by atoms with Gasteiger partial charge in [-0.15, -0.1) is 0 Å². The van der Waals surface area contributed by atoms with Gasteiger partial charge in [-0.3, -0.25) is 14.4 Å². The van der Waals surface area contributed by atoms with Crippen LogP contribution >= 0.6 is 11.6 Å². The highest BCUT2D eigenvalue weighted by Crippen LogP contribution is 2.18. The molecule has 0 aliphatic carbocycles. The van der Waals surface area contributed by atoms with Gasteiger partial charge in [0.1, 0.15) is 5.69 Å². The lowest BCUT2D eigenvalue weighted by Gasteiger charge is -2.09. The Morgan fingerprint density at radius 1 is 1.00 bits per heavy atom. The van der Waals surface area contributed by atoms with Crippen LogP contribution in [0.3, 0.4) is 0 Å². The van der Waals surface area contributed by atoms with Crippen LogP contribution in [-0.4, -0.2) is 32.0 Å². The standard InChI is InChI=1S/C18H16ClN5O3/c1-23-16(25)8-7-15(21-23)18(27)20-10-11-24-17(26)9-6-14(22-24)12-2-4-13(19)5-3-12/h2-9H,10-11H2,1H3,(H,20,27). The highest BCUT2D eigenvalue weighted by Gasteiger charge is 2.09. The third-order valence-corrected chi connectivity index (χ3v) is 4.06. The van der Waals surface area contributed by atoms with Gasteiger partial charge in [-0.2, -0.15) is 10.2 Å². The molecule has 27 heavy (non-hydrogen) atoms. The fourth-order valence-corrected chi connectivity index (χ4v) is 2.50. The zero-order valence-electron chi connectivity index (χ0n) is 14.4. The number of aryl methyl sites for hydroxylation is 1. The number of carbonyl (C=O) groups excluding carboxylic acids is 1. The average molecular weight is 386 g/mol. The SMILES string of the molecule is Cn1nc(C(=O)NCCn2nc(-c3ccc(Cl)cc3)ccc2=O)ccc1=O. The minimum Gasteiger partial charge on any atom is -0.349 e. The smallest absolute Gasteiger partial charge is 0.271 e. The highest BCUT2D eigenvalue weighted by atomic mass is 35.5. The van der Waals surface area contributed by atoms with Crippen LogP contribution in [-0.2, 0) is 13.6 Å². The molecule has 0 radical (unpaired) electrons. The maximum absolute atomic E-state index is 12.1. The van der Waals surface area contributed by atoms with Gasteiger partial charge >= 0.3 is 0 Å². The molecule has 0 saturated heterocycles. The summed E-state index contributed by atoms with van der Waals surface area (Å²) in [5, 5.41) is 11.5. The predicted molar refractivity (Wildman–Crippen MR) is 101 cm³/mol. The Balaban J connectivity index is 1.68. The molecule has 1 aromatic carbocycles. The molecule has 0 aliphatic rings. The molecule has 0 fully saturated rings. The van der Waals surface area contributed by atoms with E-state index in [0.29, 0.717) is 10.7 Å². The lowest BCUT2D eigenvalue weighted by molar-refractivity contribution is 0.0944. The lowest BCUT2D eigenvalue weighted by atomic mass is 10.1. The molecule has 2 heterocycles. The van der Waals surface area contributed by atoms with E-state index in [4.69, 9.17) is 11.6 Å². The van der Waals surface area contributed by atoms with Crippen molar-refractivity contribution in [1.82, 2.24) is 24.9 Å². The monoisotopic (exact) mass is 385 g/mol. The van der Waals surface area contributed by atoms with Crippen LogP contribution in [0.2, 0.25) is 5.02 Å². The molecule has 1 N–H and O–H groups in total. The highest BCUT2D eigenvalue weighted by molar-refractivity contribution is 6.30. The van der Waals surface area contributed by atoms with Crippen molar-refractivity contribution >= 4 is 17.5 Å². The Bertz CT molecular complexity index is 1090. The van der Waals surface area contributed by atoms with Crippen LogP contribution in [0.25, 0.3) is 11.3 Å². The fraction of sp³-hybridized carbons (Fsp3) is 0.167. The van der Waals surface area contributed by atoms with Crippen LogP contribution < -0.4 is 16.4 Å². The fourth-order valence-electron chi connectivity index (χ4n) is 2.37. The van der Waals surface area contributed by atoms with Gasteiger partial charge in [-0.25, -0.2) is 9.36 Å². The van der Waals surface area contributed by atoms with E-state index in [1.165, 1.54) is 29.9 Å². The summed E-state index contributed by atoms with van der Waals surface area (Å²) in [6, 6.07) is 12.8. The van der Waals surface area contributed by atoms with Crippen molar-refractivity contribution in [3.63, 3.8) is 0 Å². The van der Waals surface area contributed by atoms with Crippen LogP contribution in [0.15, 0.2) is 58.1 Å². The van der Waals surface area contributed by atoms with Gasteiger partial charge in [0, 0.05) is 36.3 Å². The van der Waals surface area contributed by atoms with Gasteiger partial charge in [0.15, 0.2) is 0 Å². The van der Waals surface area contributed by atoms with Crippen LogP contribution in [0, 0.1) is 0 Å². The van der Waals surface area contributed by atoms with Crippen LogP contribution in [0.5, 0.6) is 0 Å². The molecule has 0 atom stereocenters. The molecule has 0 spiro atoms. The van der Waals surface area contributed by atoms with E-state index < -0.39 is 5.91 Å². The summed E-state index contributed by atoms with van der Waals surface area (Å²) < 4.78 is 2.36. The number of nitrogens with zero attached hydrogens (tertiary/aromatic N) is 4. The van der Waals surface area contributed by atoms with E-state index in [0.717, 1.165) is 10.2 Å². The molecule has 3 rings (SSSR count). The van der Waals surface area contributed by atoms with Crippen molar-refractivity contribution in [1.29, 1.82) is 0 Å². The number of hydrogen-bond donors (Lipinski definition) is 1. The topological polar surface area (TPSA) is 98.9 Å². The zero-order valence-corrected chi connectivity index (χ0v) is 15.2. The van der Waals surface area contributed by atoms with Crippen molar-refractivity contribution < 1.29 is 4.79 Å². The van der Waals surface area contributed by atoms with E-state index in [1.807, 2.05) is 12.1 Å². The molecular formula is C18H16ClN5O3. The first kappa shape index (κ1) is 18.5. The number of hydrogen-bond acceptors (Lipinski definition) is 5. The third kappa shape index (κ3) is 4.48. The third-order valence-electron chi connectivity index (χ3n) is 3.81. The van der Waals surface area contributed by atoms with Crippen molar-refractivity contribution in [2.24, 2.45) is 7.05 Å². The van der Waals surface area contributed by atoms with Gasteiger partial charge in [0.2, 0.25) is 0 Å².